The Labute approximate surface area is 176 Å². The number of aromatic nitrogens is 1. The molecule has 0 aliphatic carbocycles. The minimum Gasteiger partial charge on any atom is -0.361 e. The number of hydrogen-bond donors (Lipinski definition) is 3. The van der Waals surface area contributed by atoms with E-state index in [1.54, 1.807) is 6.07 Å². The summed E-state index contributed by atoms with van der Waals surface area (Å²) in [6.07, 6.45) is 1.87. The van der Waals surface area contributed by atoms with E-state index < -0.39 is 0 Å². The van der Waals surface area contributed by atoms with Crippen molar-refractivity contribution in [1.82, 2.24) is 4.98 Å². The van der Waals surface area contributed by atoms with Gasteiger partial charge < -0.3 is 15.6 Å². The van der Waals surface area contributed by atoms with Gasteiger partial charge in [-0.25, -0.2) is 0 Å². The van der Waals surface area contributed by atoms with Gasteiger partial charge in [0.15, 0.2) is 0 Å². The van der Waals surface area contributed by atoms with E-state index >= 15 is 0 Å². The Kier molecular flexibility index (Phi) is 5.69. The van der Waals surface area contributed by atoms with Gasteiger partial charge in [-0.15, -0.1) is 23.1 Å². The predicted molar refractivity (Wildman–Crippen MR) is 121 cm³/mol. The van der Waals surface area contributed by atoms with E-state index in [1.165, 1.54) is 23.1 Å². The summed E-state index contributed by atoms with van der Waals surface area (Å²) in [4.78, 5) is 29.5. The SMILES string of the molecule is CC(Sc1cccc(NC(=O)c2cccs2)c1)C(=O)Nc1ccc2cc[nH]c2c1. The van der Waals surface area contributed by atoms with Crippen molar-refractivity contribution in [1.29, 1.82) is 0 Å². The first-order valence-corrected chi connectivity index (χ1v) is 10.8. The molecular formula is C22H19N3O2S2. The van der Waals surface area contributed by atoms with Gasteiger partial charge in [-0.2, -0.15) is 0 Å². The highest BCUT2D eigenvalue weighted by molar-refractivity contribution is 8.00. The van der Waals surface area contributed by atoms with Crippen LogP contribution >= 0.6 is 23.1 Å². The molecule has 2 aromatic heterocycles. The zero-order valence-corrected chi connectivity index (χ0v) is 17.3. The standard InChI is InChI=1S/C22H19N3O2S2/c1-14(21(26)24-17-8-7-15-9-10-23-19(15)13-17)29-18-5-2-4-16(12-18)25-22(27)20-6-3-11-28-20/h2-14,23H,1H3,(H,24,26)(H,25,27). The van der Waals surface area contributed by atoms with E-state index in [2.05, 4.69) is 15.6 Å². The van der Waals surface area contributed by atoms with E-state index in [0.717, 1.165) is 21.5 Å². The molecule has 5 nitrogen and oxygen atoms in total. The zero-order chi connectivity index (χ0) is 20.2. The first kappa shape index (κ1) is 19.3. The molecule has 0 saturated carbocycles. The number of rotatable bonds is 6. The minimum absolute atomic E-state index is 0.0751. The maximum absolute atomic E-state index is 12.6. The van der Waals surface area contributed by atoms with Crippen molar-refractivity contribution in [3.05, 3.63) is 77.1 Å². The fourth-order valence-corrected chi connectivity index (χ4v) is 4.42. The Morgan fingerprint density at radius 3 is 2.69 bits per heavy atom. The number of aromatic amines is 1. The molecule has 0 saturated heterocycles. The number of benzene rings is 2. The maximum Gasteiger partial charge on any atom is 0.265 e. The van der Waals surface area contributed by atoms with E-state index in [4.69, 9.17) is 0 Å². The van der Waals surface area contributed by atoms with E-state index in [-0.39, 0.29) is 17.1 Å². The van der Waals surface area contributed by atoms with Gasteiger partial charge in [0.25, 0.3) is 5.91 Å². The first-order chi connectivity index (χ1) is 14.1. The van der Waals surface area contributed by atoms with Gasteiger partial charge in [0.1, 0.15) is 0 Å². The molecule has 2 amide bonds. The Balaban J connectivity index is 1.38. The van der Waals surface area contributed by atoms with Crippen LogP contribution in [0.3, 0.4) is 0 Å². The van der Waals surface area contributed by atoms with E-state index in [0.29, 0.717) is 10.6 Å². The summed E-state index contributed by atoms with van der Waals surface area (Å²) in [5, 5.41) is 8.54. The molecule has 7 heteroatoms. The molecule has 2 heterocycles. The Hall–Kier alpha value is -3.03. The highest BCUT2D eigenvalue weighted by atomic mass is 32.2. The number of carbonyl (C=O) groups excluding carboxylic acids is 2. The Morgan fingerprint density at radius 1 is 1.00 bits per heavy atom. The van der Waals surface area contributed by atoms with Crippen LogP contribution in [0.4, 0.5) is 11.4 Å². The molecular weight excluding hydrogens is 402 g/mol. The van der Waals surface area contributed by atoms with Crippen molar-refractivity contribution in [3.8, 4) is 0 Å². The van der Waals surface area contributed by atoms with Gasteiger partial charge in [0.2, 0.25) is 5.91 Å². The molecule has 0 bridgehead atoms. The lowest BCUT2D eigenvalue weighted by Gasteiger charge is -2.13. The minimum atomic E-state index is -0.294. The topological polar surface area (TPSA) is 74.0 Å². The van der Waals surface area contributed by atoms with Crippen molar-refractivity contribution < 1.29 is 9.59 Å². The second-order valence-corrected chi connectivity index (χ2v) is 8.85. The lowest BCUT2D eigenvalue weighted by atomic mass is 10.2. The third-order valence-electron chi connectivity index (χ3n) is 4.34. The zero-order valence-electron chi connectivity index (χ0n) is 15.6. The number of amides is 2. The number of H-pyrrole nitrogens is 1. The van der Waals surface area contributed by atoms with Crippen LogP contribution in [-0.4, -0.2) is 22.0 Å². The lowest BCUT2D eigenvalue weighted by molar-refractivity contribution is -0.115. The molecule has 0 fully saturated rings. The van der Waals surface area contributed by atoms with Crippen LogP contribution < -0.4 is 10.6 Å². The van der Waals surface area contributed by atoms with Crippen LogP contribution in [0, 0.1) is 0 Å². The smallest absolute Gasteiger partial charge is 0.265 e. The molecule has 3 N–H and O–H groups in total. The molecule has 2 aromatic carbocycles. The Morgan fingerprint density at radius 2 is 1.86 bits per heavy atom. The van der Waals surface area contributed by atoms with Crippen molar-refractivity contribution in [3.63, 3.8) is 0 Å². The Bertz CT molecular complexity index is 1150. The summed E-state index contributed by atoms with van der Waals surface area (Å²) in [5.41, 5.74) is 2.45. The van der Waals surface area contributed by atoms with Crippen LogP contribution in [0.25, 0.3) is 10.9 Å². The fourth-order valence-electron chi connectivity index (χ4n) is 2.87. The summed E-state index contributed by atoms with van der Waals surface area (Å²) >= 11 is 2.85. The van der Waals surface area contributed by atoms with E-state index in [9.17, 15) is 9.59 Å². The quantitative estimate of drug-likeness (QED) is 0.355. The number of hydrogen-bond acceptors (Lipinski definition) is 4. The monoisotopic (exact) mass is 421 g/mol. The van der Waals surface area contributed by atoms with Crippen LogP contribution in [-0.2, 0) is 4.79 Å². The molecule has 0 radical (unpaired) electrons. The lowest BCUT2D eigenvalue weighted by Crippen LogP contribution is -2.22. The van der Waals surface area contributed by atoms with Gasteiger partial charge in [-0.1, -0.05) is 18.2 Å². The molecule has 0 spiro atoms. The molecule has 4 rings (SSSR count). The molecule has 1 atom stereocenters. The summed E-state index contributed by atoms with van der Waals surface area (Å²) in [6, 6.07) is 18.9. The number of nitrogens with one attached hydrogen (secondary N) is 3. The first-order valence-electron chi connectivity index (χ1n) is 9.08. The van der Waals surface area contributed by atoms with Gasteiger partial charge in [-0.05, 0) is 60.2 Å². The molecule has 146 valence electrons. The van der Waals surface area contributed by atoms with Crippen LogP contribution in [0.2, 0.25) is 0 Å². The average Bonchev–Trinajstić information content (AvgIpc) is 3.40. The summed E-state index contributed by atoms with van der Waals surface area (Å²) in [6.45, 7) is 1.87. The van der Waals surface area contributed by atoms with Crippen LogP contribution in [0.15, 0.2) is 77.1 Å². The van der Waals surface area contributed by atoms with Crippen molar-refractivity contribution in [2.75, 3.05) is 10.6 Å². The van der Waals surface area contributed by atoms with Crippen molar-refractivity contribution in [2.45, 2.75) is 17.1 Å². The molecule has 1 unspecified atom stereocenters. The average molecular weight is 422 g/mol. The molecule has 29 heavy (non-hydrogen) atoms. The summed E-state index contributed by atoms with van der Waals surface area (Å²) in [5.74, 6) is -0.207. The third-order valence-corrected chi connectivity index (χ3v) is 6.30. The third kappa shape index (κ3) is 4.70. The van der Waals surface area contributed by atoms with Crippen LogP contribution in [0.1, 0.15) is 16.6 Å². The second kappa shape index (κ2) is 8.55. The number of thiophene rings is 1. The predicted octanol–water partition coefficient (Wildman–Crippen LogP) is 5.60. The maximum atomic E-state index is 12.6. The highest BCUT2D eigenvalue weighted by Gasteiger charge is 2.15. The normalized spacial score (nSPS) is 11.9. The van der Waals surface area contributed by atoms with Crippen molar-refractivity contribution >= 4 is 57.2 Å². The van der Waals surface area contributed by atoms with Crippen molar-refractivity contribution in [2.24, 2.45) is 0 Å². The number of fused-ring (bicyclic) bond motifs is 1. The molecule has 0 aliphatic heterocycles. The highest BCUT2D eigenvalue weighted by Crippen LogP contribution is 2.27. The summed E-state index contributed by atoms with van der Waals surface area (Å²) in [7, 11) is 0. The van der Waals surface area contributed by atoms with Gasteiger partial charge in [-0.3, -0.25) is 9.59 Å². The number of anilines is 2. The molecule has 4 aromatic rings. The summed E-state index contributed by atoms with van der Waals surface area (Å²) < 4.78 is 0. The number of carbonyl (C=O) groups is 2. The fraction of sp³-hybridized carbons (Fsp3) is 0.0909. The van der Waals surface area contributed by atoms with Gasteiger partial charge in [0.05, 0.1) is 10.1 Å². The second-order valence-electron chi connectivity index (χ2n) is 6.49. The largest absolute Gasteiger partial charge is 0.361 e. The molecule has 0 aliphatic rings. The number of thioether (sulfide) groups is 1. The van der Waals surface area contributed by atoms with Crippen LogP contribution in [0.5, 0.6) is 0 Å². The van der Waals surface area contributed by atoms with E-state index in [1.807, 2.05) is 73.1 Å². The van der Waals surface area contributed by atoms with Gasteiger partial charge in [0, 0.05) is 28.0 Å². The van der Waals surface area contributed by atoms with Gasteiger partial charge >= 0.3 is 0 Å².